The summed E-state index contributed by atoms with van der Waals surface area (Å²) in [6.07, 6.45) is 0. The average Bonchev–Trinajstić information content (AvgIpc) is 2.76. The molecule has 0 bridgehead atoms. The van der Waals surface area contributed by atoms with E-state index in [4.69, 9.17) is 11.6 Å². The maximum absolute atomic E-state index is 6.16. The topological polar surface area (TPSA) is 41.1 Å². The Balaban J connectivity index is 2.03. The lowest BCUT2D eigenvalue weighted by Crippen LogP contribution is -2.44. The van der Waals surface area contributed by atoms with Gasteiger partial charge in [-0.25, -0.2) is 9.97 Å². The molecule has 0 atom stereocenters. The van der Waals surface area contributed by atoms with Crippen molar-refractivity contribution >= 4 is 39.8 Å². The second-order valence-electron chi connectivity index (χ2n) is 3.72. The molecule has 2 aromatic rings. The normalized spacial score (nSPS) is 16.9. The average molecular weight is 255 g/mol. The Morgan fingerprint density at radius 2 is 1.88 bits per heavy atom. The molecule has 1 fully saturated rings. The van der Waals surface area contributed by atoms with Gasteiger partial charge >= 0.3 is 0 Å². The van der Waals surface area contributed by atoms with Crippen LogP contribution in [0.5, 0.6) is 0 Å². The fraction of sp³-hybridized carbons (Fsp3) is 0.400. The van der Waals surface area contributed by atoms with Crippen LogP contribution in [0.4, 0.5) is 5.82 Å². The van der Waals surface area contributed by atoms with Gasteiger partial charge in [0.15, 0.2) is 11.0 Å². The van der Waals surface area contributed by atoms with Crippen LogP contribution in [0.2, 0.25) is 5.15 Å². The molecule has 1 saturated heterocycles. The Morgan fingerprint density at radius 3 is 2.62 bits per heavy atom. The molecule has 0 aliphatic carbocycles. The number of thiophene rings is 1. The molecule has 1 aliphatic rings. The molecule has 16 heavy (non-hydrogen) atoms. The molecule has 0 radical (unpaired) electrons. The fourth-order valence-electron chi connectivity index (χ4n) is 1.84. The summed E-state index contributed by atoms with van der Waals surface area (Å²) in [6, 6.07) is 0. The lowest BCUT2D eigenvalue weighted by molar-refractivity contribution is 0.585. The highest BCUT2D eigenvalue weighted by Gasteiger charge is 2.16. The molecule has 1 aliphatic heterocycles. The summed E-state index contributed by atoms with van der Waals surface area (Å²) in [4.78, 5) is 11.1. The molecule has 3 rings (SSSR count). The number of nitrogens with zero attached hydrogens (tertiary/aromatic N) is 3. The van der Waals surface area contributed by atoms with Crippen LogP contribution in [0.15, 0.2) is 10.8 Å². The van der Waals surface area contributed by atoms with Crippen molar-refractivity contribution in [2.45, 2.75) is 0 Å². The van der Waals surface area contributed by atoms with Crippen molar-refractivity contribution in [1.29, 1.82) is 0 Å². The van der Waals surface area contributed by atoms with Crippen LogP contribution in [-0.2, 0) is 0 Å². The molecular weight excluding hydrogens is 244 g/mol. The van der Waals surface area contributed by atoms with Gasteiger partial charge in [0.1, 0.15) is 11.0 Å². The van der Waals surface area contributed by atoms with Crippen LogP contribution in [0.1, 0.15) is 0 Å². The van der Waals surface area contributed by atoms with Gasteiger partial charge in [0.25, 0.3) is 0 Å². The SMILES string of the molecule is Clc1nc2cscc2nc1N1CCNCC1. The first kappa shape index (κ1) is 10.3. The second kappa shape index (κ2) is 4.16. The molecule has 6 heteroatoms. The number of rotatable bonds is 1. The summed E-state index contributed by atoms with van der Waals surface area (Å²) in [7, 11) is 0. The Morgan fingerprint density at radius 1 is 1.19 bits per heavy atom. The Bertz CT molecular complexity index is 506. The molecule has 0 saturated carbocycles. The molecule has 0 aromatic carbocycles. The summed E-state index contributed by atoms with van der Waals surface area (Å²) >= 11 is 7.76. The van der Waals surface area contributed by atoms with E-state index in [2.05, 4.69) is 20.2 Å². The molecule has 1 N–H and O–H groups in total. The maximum atomic E-state index is 6.16. The summed E-state index contributed by atoms with van der Waals surface area (Å²) in [5.74, 6) is 0.814. The van der Waals surface area contributed by atoms with Gasteiger partial charge in [0, 0.05) is 36.9 Å². The number of halogens is 1. The van der Waals surface area contributed by atoms with Crippen molar-refractivity contribution in [3.05, 3.63) is 15.9 Å². The molecule has 0 amide bonds. The smallest absolute Gasteiger partial charge is 0.172 e. The van der Waals surface area contributed by atoms with Gasteiger partial charge in [-0.1, -0.05) is 11.6 Å². The minimum absolute atomic E-state index is 0.507. The first-order valence-corrected chi connectivity index (χ1v) is 6.52. The molecule has 0 unspecified atom stereocenters. The lowest BCUT2D eigenvalue weighted by Gasteiger charge is -2.28. The number of aromatic nitrogens is 2. The van der Waals surface area contributed by atoms with Crippen molar-refractivity contribution in [2.24, 2.45) is 0 Å². The maximum Gasteiger partial charge on any atom is 0.172 e. The third-order valence-electron chi connectivity index (χ3n) is 2.67. The van der Waals surface area contributed by atoms with E-state index in [-0.39, 0.29) is 0 Å². The van der Waals surface area contributed by atoms with Gasteiger partial charge in [-0.2, -0.15) is 0 Å². The zero-order valence-corrected chi connectivity index (χ0v) is 10.2. The zero-order valence-electron chi connectivity index (χ0n) is 8.61. The predicted molar refractivity (Wildman–Crippen MR) is 67.5 cm³/mol. The monoisotopic (exact) mass is 254 g/mol. The molecular formula is C10H11ClN4S. The summed E-state index contributed by atoms with van der Waals surface area (Å²) in [6.45, 7) is 3.81. The van der Waals surface area contributed by atoms with Gasteiger partial charge in [-0.15, -0.1) is 11.3 Å². The summed E-state index contributed by atoms with van der Waals surface area (Å²) in [5.41, 5.74) is 1.82. The van der Waals surface area contributed by atoms with Crippen LogP contribution in [0.3, 0.4) is 0 Å². The van der Waals surface area contributed by atoms with E-state index < -0.39 is 0 Å². The first-order valence-electron chi connectivity index (χ1n) is 5.20. The van der Waals surface area contributed by atoms with Crippen molar-refractivity contribution in [3.8, 4) is 0 Å². The van der Waals surface area contributed by atoms with Crippen LogP contribution in [-0.4, -0.2) is 36.1 Å². The van der Waals surface area contributed by atoms with Gasteiger partial charge in [0.2, 0.25) is 0 Å². The van der Waals surface area contributed by atoms with E-state index in [1.165, 1.54) is 0 Å². The van der Waals surface area contributed by atoms with E-state index in [0.717, 1.165) is 43.0 Å². The number of piperazine rings is 1. The predicted octanol–water partition coefficient (Wildman–Crippen LogP) is 1.75. The van der Waals surface area contributed by atoms with Gasteiger partial charge in [0.05, 0.1) is 0 Å². The van der Waals surface area contributed by atoms with Crippen LogP contribution >= 0.6 is 22.9 Å². The summed E-state index contributed by atoms with van der Waals surface area (Å²) < 4.78 is 0. The Labute approximate surface area is 102 Å². The third-order valence-corrected chi connectivity index (χ3v) is 3.64. The quantitative estimate of drug-likeness (QED) is 0.842. The number of hydrogen-bond acceptors (Lipinski definition) is 5. The minimum Gasteiger partial charge on any atom is -0.351 e. The number of anilines is 1. The Kier molecular flexibility index (Phi) is 2.67. The van der Waals surface area contributed by atoms with Crippen LogP contribution < -0.4 is 10.2 Å². The third kappa shape index (κ3) is 1.75. The number of hydrogen-bond donors (Lipinski definition) is 1. The van der Waals surface area contributed by atoms with Crippen molar-refractivity contribution < 1.29 is 0 Å². The van der Waals surface area contributed by atoms with Gasteiger partial charge in [-0.05, 0) is 0 Å². The van der Waals surface area contributed by atoms with Crippen LogP contribution in [0.25, 0.3) is 11.0 Å². The van der Waals surface area contributed by atoms with E-state index in [1.807, 2.05) is 10.8 Å². The lowest BCUT2D eigenvalue weighted by atomic mass is 10.3. The first-order chi connectivity index (χ1) is 7.84. The van der Waals surface area contributed by atoms with Crippen molar-refractivity contribution in [1.82, 2.24) is 15.3 Å². The van der Waals surface area contributed by atoms with E-state index in [1.54, 1.807) is 11.3 Å². The molecule has 0 spiro atoms. The second-order valence-corrected chi connectivity index (χ2v) is 4.82. The van der Waals surface area contributed by atoms with E-state index >= 15 is 0 Å². The van der Waals surface area contributed by atoms with Crippen molar-refractivity contribution in [2.75, 3.05) is 31.1 Å². The summed E-state index contributed by atoms with van der Waals surface area (Å²) in [5, 5.41) is 7.78. The molecule has 2 aromatic heterocycles. The minimum atomic E-state index is 0.507. The Hall–Kier alpha value is -0.910. The van der Waals surface area contributed by atoms with Crippen molar-refractivity contribution in [3.63, 3.8) is 0 Å². The number of nitrogens with one attached hydrogen (secondary N) is 1. The van der Waals surface area contributed by atoms with E-state index in [0.29, 0.717) is 5.15 Å². The zero-order chi connectivity index (χ0) is 11.0. The van der Waals surface area contributed by atoms with Gasteiger partial charge < -0.3 is 10.2 Å². The highest BCUT2D eigenvalue weighted by atomic mass is 35.5. The standard InChI is InChI=1S/C10H11ClN4S/c11-9-10(15-3-1-12-2-4-15)14-8-6-16-5-7(8)13-9/h5-6,12H,1-4H2. The highest BCUT2D eigenvalue weighted by molar-refractivity contribution is 7.09. The van der Waals surface area contributed by atoms with Crippen LogP contribution in [0, 0.1) is 0 Å². The largest absolute Gasteiger partial charge is 0.351 e. The molecule has 4 nitrogen and oxygen atoms in total. The fourth-order valence-corrected chi connectivity index (χ4v) is 2.77. The number of fused-ring (bicyclic) bond motifs is 1. The van der Waals surface area contributed by atoms with Gasteiger partial charge in [-0.3, -0.25) is 0 Å². The molecule has 84 valence electrons. The van der Waals surface area contributed by atoms with E-state index in [9.17, 15) is 0 Å². The highest BCUT2D eigenvalue weighted by Crippen LogP contribution is 2.26. The molecule has 3 heterocycles.